The fourth-order valence-electron chi connectivity index (χ4n) is 2.15. The van der Waals surface area contributed by atoms with Crippen LogP contribution < -0.4 is 14.8 Å². The van der Waals surface area contributed by atoms with Gasteiger partial charge in [-0.1, -0.05) is 11.6 Å². The molecule has 0 radical (unpaired) electrons. The lowest BCUT2D eigenvalue weighted by Gasteiger charge is -2.18. The van der Waals surface area contributed by atoms with Crippen LogP contribution in [0.3, 0.4) is 0 Å². The van der Waals surface area contributed by atoms with Crippen molar-refractivity contribution in [1.29, 1.82) is 5.26 Å². The summed E-state index contributed by atoms with van der Waals surface area (Å²) in [5.41, 5.74) is 0.920. The Morgan fingerprint density at radius 1 is 1.22 bits per heavy atom. The smallest absolute Gasteiger partial charge is 0.260 e. The largest absolute Gasteiger partial charge is 0.495 e. The van der Waals surface area contributed by atoms with Crippen LogP contribution in [0, 0.1) is 11.3 Å². The summed E-state index contributed by atoms with van der Waals surface area (Å²) in [6.45, 7) is -0.388. The van der Waals surface area contributed by atoms with Crippen molar-refractivity contribution in [1.82, 2.24) is 4.90 Å². The lowest BCUT2D eigenvalue weighted by atomic mass is 10.2. The van der Waals surface area contributed by atoms with Crippen molar-refractivity contribution in [3.63, 3.8) is 0 Å². The number of benzene rings is 2. The molecule has 8 heteroatoms. The molecule has 2 aromatic carbocycles. The molecule has 0 fully saturated rings. The minimum atomic E-state index is -0.398. The van der Waals surface area contributed by atoms with Gasteiger partial charge < -0.3 is 19.7 Å². The normalized spacial score (nSPS) is 9.85. The van der Waals surface area contributed by atoms with Crippen molar-refractivity contribution in [2.75, 3.05) is 32.6 Å². The summed E-state index contributed by atoms with van der Waals surface area (Å²) in [6.07, 6.45) is 0. The van der Waals surface area contributed by atoms with Crippen molar-refractivity contribution in [3.05, 3.63) is 53.1 Å². The summed E-state index contributed by atoms with van der Waals surface area (Å²) in [6, 6.07) is 13.2. The highest BCUT2D eigenvalue weighted by molar-refractivity contribution is 6.31. The van der Waals surface area contributed by atoms with Gasteiger partial charge in [-0.3, -0.25) is 9.59 Å². The molecule has 0 unspecified atom stereocenters. The maximum atomic E-state index is 12.2. The SMILES string of the molecule is COc1ccc(Cl)cc1NC(=O)CN(C)C(=O)COc1ccc(C#N)cc1. The number of halogens is 1. The number of nitriles is 1. The first-order valence-corrected chi connectivity index (χ1v) is 8.31. The molecule has 0 saturated carbocycles. The van der Waals surface area contributed by atoms with E-state index in [0.29, 0.717) is 27.8 Å². The van der Waals surface area contributed by atoms with Crippen LogP contribution in [0.15, 0.2) is 42.5 Å². The van der Waals surface area contributed by atoms with Crippen LogP contribution in [-0.4, -0.2) is 44.0 Å². The highest BCUT2D eigenvalue weighted by Crippen LogP contribution is 2.27. The zero-order valence-corrected chi connectivity index (χ0v) is 15.6. The number of hydrogen-bond donors (Lipinski definition) is 1. The van der Waals surface area contributed by atoms with Crippen molar-refractivity contribution in [2.45, 2.75) is 0 Å². The first kappa shape index (κ1) is 20.1. The van der Waals surface area contributed by atoms with Crippen LogP contribution in [0.4, 0.5) is 5.69 Å². The van der Waals surface area contributed by atoms with Gasteiger partial charge in [0.05, 0.1) is 31.0 Å². The standard InChI is InChI=1S/C19H18ClN3O4/c1-23(19(25)12-27-15-6-3-13(10-21)4-7-15)11-18(24)22-16-9-14(20)5-8-17(16)26-2/h3-9H,11-12H2,1-2H3,(H,22,24). The predicted molar refractivity (Wildman–Crippen MR) is 101 cm³/mol. The van der Waals surface area contributed by atoms with E-state index in [1.54, 1.807) is 42.5 Å². The zero-order valence-electron chi connectivity index (χ0n) is 14.9. The van der Waals surface area contributed by atoms with Crippen LogP contribution in [0.25, 0.3) is 0 Å². The molecule has 1 N–H and O–H groups in total. The number of nitrogens with zero attached hydrogens (tertiary/aromatic N) is 2. The van der Waals surface area contributed by atoms with E-state index in [-0.39, 0.29) is 19.1 Å². The maximum absolute atomic E-state index is 12.2. The van der Waals surface area contributed by atoms with Gasteiger partial charge in [-0.2, -0.15) is 5.26 Å². The number of hydrogen-bond acceptors (Lipinski definition) is 5. The molecule has 0 heterocycles. The summed E-state index contributed by atoms with van der Waals surface area (Å²) in [5, 5.41) is 11.9. The topological polar surface area (TPSA) is 91.7 Å². The molecule has 0 saturated heterocycles. The number of methoxy groups -OCH3 is 1. The number of likely N-dealkylation sites (N-methyl/N-ethyl adjacent to an activating group) is 1. The molecule has 27 heavy (non-hydrogen) atoms. The Morgan fingerprint density at radius 3 is 2.56 bits per heavy atom. The third-order valence-electron chi connectivity index (χ3n) is 3.59. The molecule has 0 spiro atoms. The number of carbonyl (C=O) groups is 2. The fourth-order valence-corrected chi connectivity index (χ4v) is 2.32. The molecule has 2 amide bonds. The Morgan fingerprint density at radius 2 is 1.93 bits per heavy atom. The molecule has 0 aliphatic carbocycles. The van der Waals surface area contributed by atoms with Crippen LogP contribution in [0.2, 0.25) is 5.02 Å². The van der Waals surface area contributed by atoms with E-state index in [0.717, 1.165) is 0 Å². The molecular formula is C19H18ClN3O4. The molecule has 140 valence electrons. The van der Waals surface area contributed by atoms with Gasteiger partial charge >= 0.3 is 0 Å². The summed E-state index contributed by atoms with van der Waals surface area (Å²) in [5.74, 6) is 0.159. The van der Waals surface area contributed by atoms with Gasteiger partial charge in [0.25, 0.3) is 5.91 Å². The number of ether oxygens (including phenoxy) is 2. The number of anilines is 1. The van der Waals surface area contributed by atoms with Crippen LogP contribution in [-0.2, 0) is 9.59 Å². The fraction of sp³-hybridized carbons (Fsp3) is 0.211. The summed E-state index contributed by atoms with van der Waals surface area (Å²) in [7, 11) is 2.98. The van der Waals surface area contributed by atoms with Crippen LogP contribution in [0.5, 0.6) is 11.5 Å². The van der Waals surface area contributed by atoms with E-state index in [2.05, 4.69) is 5.32 Å². The molecule has 0 bridgehead atoms. The maximum Gasteiger partial charge on any atom is 0.260 e. The summed E-state index contributed by atoms with van der Waals surface area (Å²) >= 11 is 5.93. The van der Waals surface area contributed by atoms with E-state index in [1.165, 1.54) is 19.1 Å². The van der Waals surface area contributed by atoms with Crippen molar-refractivity contribution in [2.24, 2.45) is 0 Å². The predicted octanol–water partition coefficient (Wildman–Crippen LogP) is 2.70. The van der Waals surface area contributed by atoms with E-state index < -0.39 is 5.91 Å². The first-order valence-electron chi connectivity index (χ1n) is 7.93. The molecule has 0 aliphatic rings. The average molecular weight is 388 g/mol. The van der Waals surface area contributed by atoms with Crippen molar-refractivity contribution < 1.29 is 19.1 Å². The Bertz CT molecular complexity index is 862. The monoisotopic (exact) mass is 387 g/mol. The Labute approximate surface area is 162 Å². The third-order valence-corrected chi connectivity index (χ3v) is 3.82. The molecule has 7 nitrogen and oxygen atoms in total. The number of nitrogens with one attached hydrogen (secondary N) is 1. The lowest BCUT2D eigenvalue weighted by molar-refractivity contribution is -0.135. The van der Waals surface area contributed by atoms with Gasteiger partial charge in [0, 0.05) is 12.1 Å². The quantitative estimate of drug-likeness (QED) is 0.788. The zero-order chi connectivity index (χ0) is 19.8. The second kappa shape index (κ2) is 9.46. The highest BCUT2D eigenvalue weighted by atomic mass is 35.5. The van der Waals surface area contributed by atoms with Crippen LogP contribution in [0.1, 0.15) is 5.56 Å². The van der Waals surface area contributed by atoms with Gasteiger partial charge in [-0.25, -0.2) is 0 Å². The van der Waals surface area contributed by atoms with Gasteiger partial charge in [-0.15, -0.1) is 0 Å². The van der Waals surface area contributed by atoms with Crippen LogP contribution >= 0.6 is 11.6 Å². The van der Waals surface area contributed by atoms with E-state index in [9.17, 15) is 9.59 Å². The highest BCUT2D eigenvalue weighted by Gasteiger charge is 2.15. The lowest BCUT2D eigenvalue weighted by Crippen LogP contribution is -2.37. The summed E-state index contributed by atoms with van der Waals surface area (Å²) in [4.78, 5) is 25.5. The van der Waals surface area contributed by atoms with Crippen molar-refractivity contribution >= 4 is 29.1 Å². The van der Waals surface area contributed by atoms with E-state index in [4.69, 9.17) is 26.3 Å². The van der Waals surface area contributed by atoms with Gasteiger partial charge in [0.2, 0.25) is 5.91 Å². The number of amides is 2. The minimum absolute atomic E-state index is 0.161. The molecule has 0 atom stereocenters. The van der Waals surface area contributed by atoms with E-state index >= 15 is 0 Å². The number of rotatable bonds is 7. The molecular weight excluding hydrogens is 370 g/mol. The minimum Gasteiger partial charge on any atom is -0.495 e. The second-order valence-electron chi connectivity index (χ2n) is 5.57. The summed E-state index contributed by atoms with van der Waals surface area (Å²) < 4.78 is 10.5. The molecule has 2 rings (SSSR count). The Balaban J connectivity index is 1.87. The Kier molecular flexibility index (Phi) is 7.03. The average Bonchev–Trinajstić information content (AvgIpc) is 2.66. The van der Waals surface area contributed by atoms with Crippen molar-refractivity contribution in [3.8, 4) is 17.6 Å². The molecule has 0 aromatic heterocycles. The molecule has 0 aliphatic heterocycles. The second-order valence-corrected chi connectivity index (χ2v) is 6.00. The third kappa shape index (κ3) is 5.90. The van der Waals surface area contributed by atoms with Gasteiger partial charge in [0.15, 0.2) is 6.61 Å². The first-order chi connectivity index (χ1) is 12.9. The van der Waals surface area contributed by atoms with E-state index in [1.807, 2.05) is 6.07 Å². The molecule has 2 aromatic rings. The number of carbonyl (C=O) groups excluding carboxylic acids is 2. The van der Waals surface area contributed by atoms with Gasteiger partial charge in [-0.05, 0) is 42.5 Å². The Hall–Kier alpha value is -3.24. The van der Waals surface area contributed by atoms with Gasteiger partial charge in [0.1, 0.15) is 11.5 Å².